The molecule has 0 nitrogen and oxygen atoms in total. The molecule has 7 heavy (non-hydrogen) atoms. The summed E-state index contributed by atoms with van der Waals surface area (Å²) in [5.74, 6) is -2.30. The second-order valence-corrected chi connectivity index (χ2v) is 2.11. The van der Waals surface area contributed by atoms with Gasteiger partial charge in [0.2, 0.25) is 0 Å². The second-order valence-electron chi connectivity index (χ2n) is 2.11. The zero-order valence-electron chi connectivity index (χ0n) is 4.12. The van der Waals surface area contributed by atoms with Gasteiger partial charge in [0.25, 0.3) is 5.92 Å². The van der Waals surface area contributed by atoms with Gasteiger partial charge in [0.05, 0.1) is 0 Å². The molecule has 0 bridgehead atoms. The van der Waals surface area contributed by atoms with Gasteiger partial charge >= 0.3 is 0 Å². The number of hydrogen-bond acceptors (Lipinski definition) is 0. The Labute approximate surface area is 41.5 Å². The maximum Gasteiger partial charge on any atom is 0.251 e. The van der Waals surface area contributed by atoms with Gasteiger partial charge in [-0.2, -0.15) is 0 Å². The molecule has 1 atom stereocenters. The summed E-state index contributed by atoms with van der Waals surface area (Å²) in [7, 11) is 0. The van der Waals surface area contributed by atoms with Crippen LogP contribution in [0.2, 0.25) is 0 Å². The largest absolute Gasteiger partial charge is 0.251 e. The Morgan fingerprint density at radius 2 is 2.14 bits per heavy atom. The van der Waals surface area contributed by atoms with Crippen LogP contribution >= 0.6 is 0 Å². The first-order valence-electron chi connectivity index (χ1n) is 2.34. The summed E-state index contributed by atoms with van der Waals surface area (Å²) in [6.07, 6.45) is 1.13. The summed E-state index contributed by atoms with van der Waals surface area (Å²) in [5, 5.41) is 0. The number of rotatable bonds is 0. The third kappa shape index (κ3) is 0.898. The molecule has 0 heterocycles. The normalized spacial score (nSPS) is 29.6. The molecule has 1 saturated carbocycles. The second kappa shape index (κ2) is 1.17. The molecule has 1 radical (unpaired) electrons. The van der Waals surface area contributed by atoms with E-state index in [0.717, 1.165) is 6.42 Å². The molecular formula is C5H7F2. The molecule has 1 rings (SSSR count). The lowest BCUT2D eigenvalue weighted by atomic mass is 9.83. The van der Waals surface area contributed by atoms with Crippen molar-refractivity contribution in [2.45, 2.75) is 19.3 Å². The molecule has 0 aromatic rings. The first kappa shape index (κ1) is 5.01. The first-order valence-corrected chi connectivity index (χ1v) is 2.34. The van der Waals surface area contributed by atoms with Crippen molar-refractivity contribution in [2.75, 3.05) is 0 Å². The van der Waals surface area contributed by atoms with Gasteiger partial charge in [-0.15, -0.1) is 0 Å². The molecular weight excluding hydrogens is 98.1 g/mol. The lowest BCUT2D eigenvalue weighted by Crippen LogP contribution is -2.34. The van der Waals surface area contributed by atoms with Crippen molar-refractivity contribution in [1.82, 2.24) is 0 Å². The number of alkyl halides is 2. The Balaban J connectivity index is 2.29. The summed E-state index contributed by atoms with van der Waals surface area (Å²) >= 11 is 0. The highest BCUT2D eigenvalue weighted by molar-refractivity contribution is 5.00. The zero-order valence-corrected chi connectivity index (χ0v) is 4.12. The van der Waals surface area contributed by atoms with Gasteiger partial charge in [-0.1, -0.05) is 6.92 Å². The molecule has 0 aromatic carbocycles. The molecule has 0 amide bonds. The molecule has 0 spiro atoms. The van der Waals surface area contributed by atoms with Crippen molar-refractivity contribution in [2.24, 2.45) is 5.92 Å². The maximum absolute atomic E-state index is 11.7. The average Bonchev–Trinajstić information content (AvgIpc) is 1.27. The van der Waals surface area contributed by atoms with Crippen LogP contribution in [-0.4, -0.2) is 5.92 Å². The van der Waals surface area contributed by atoms with E-state index in [1.54, 1.807) is 6.92 Å². The predicted octanol–water partition coefficient (Wildman–Crippen LogP) is 1.87. The van der Waals surface area contributed by atoms with Crippen LogP contribution in [0.3, 0.4) is 0 Å². The number of halogens is 2. The maximum atomic E-state index is 11.7. The van der Waals surface area contributed by atoms with Crippen LogP contribution in [0.4, 0.5) is 8.78 Å². The van der Waals surface area contributed by atoms with Gasteiger partial charge in [0.1, 0.15) is 0 Å². The van der Waals surface area contributed by atoms with Crippen molar-refractivity contribution in [1.29, 1.82) is 0 Å². The fourth-order valence-corrected chi connectivity index (χ4v) is 0.812. The molecule has 2 heteroatoms. The van der Waals surface area contributed by atoms with E-state index < -0.39 is 5.92 Å². The summed E-state index contributed by atoms with van der Waals surface area (Å²) in [6, 6.07) is 0. The summed E-state index contributed by atoms with van der Waals surface area (Å²) < 4.78 is 23.5. The molecule has 0 N–H and O–H groups in total. The SMILES string of the molecule is CC1[CH]C(F)(F)C1. The Kier molecular flexibility index (Phi) is 0.839. The van der Waals surface area contributed by atoms with E-state index in [2.05, 4.69) is 0 Å². The lowest BCUT2D eigenvalue weighted by Gasteiger charge is -2.31. The standard InChI is InChI=1S/C5H7F2/c1-4-2-5(6,7)3-4/h2,4H,3H2,1H3. The zero-order chi connectivity index (χ0) is 5.49. The third-order valence-electron chi connectivity index (χ3n) is 1.12. The topological polar surface area (TPSA) is 0 Å². The quantitative estimate of drug-likeness (QED) is 0.441. The monoisotopic (exact) mass is 105 g/mol. The first-order chi connectivity index (χ1) is 3.10. The van der Waals surface area contributed by atoms with E-state index in [-0.39, 0.29) is 12.3 Å². The van der Waals surface area contributed by atoms with Crippen molar-refractivity contribution in [3.63, 3.8) is 0 Å². The van der Waals surface area contributed by atoms with Gasteiger partial charge in [-0.25, -0.2) is 8.78 Å². The molecule has 1 unspecified atom stereocenters. The highest BCUT2D eigenvalue weighted by atomic mass is 19.3. The molecule has 0 aliphatic heterocycles. The van der Waals surface area contributed by atoms with E-state index in [1.807, 2.05) is 0 Å². The van der Waals surface area contributed by atoms with Gasteiger partial charge in [-0.3, -0.25) is 0 Å². The minimum atomic E-state index is -2.43. The summed E-state index contributed by atoms with van der Waals surface area (Å²) in [4.78, 5) is 0. The van der Waals surface area contributed by atoms with Gasteiger partial charge in [0.15, 0.2) is 0 Å². The van der Waals surface area contributed by atoms with Crippen molar-refractivity contribution >= 4 is 0 Å². The minimum Gasteiger partial charge on any atom is -0.207 e. The van der Waals surface area contributed by atoms with Crippen LogP contribution in [0, 0.1) is 12.3 Å². The van der Waals surface area contributed by atoms with E-state index >= 15 is 0 Å². The van der Waals surface area contributed by atoms with Crippen LogP contribution in [0.1, 0.15) is 13.3 Å². The highest BCUT2D eigenvalue weighted by Gasteiger charge is 2.42. The summed E-state index contributed by atoms with van der Waals surface area (Å²) in [6.45, 7) is 1.79. The van der Waals surface area contributed by atoms with Crippen LogP contribution in [0.15, 0.2) is 0 Å². The molecule has 0 aromatic heterocycles. The fourth-order valence-electron chi connectivity index (χ4n) is 0.812. The van der Waals surface area contributed by atoms with Gasteiger partial charge in [-0.05, 0) is 5.92 Å². The molecule has 1 fully saturated rings. The van der Waals surface area contributed by atoms with Gasteiger partial charge < -0.3 is 0 Å². The fraction of sp³-hybridized carbons (Fsp3) is 0.800. The third-order valence-corrected chi connectivity index (χ3v) is 1.12. The molecule has 0 saturated heterocycles. The minimum absolute atomic E-state index is 0.0486. The average molecular weight is 105 g/mol. The van der Waals surface area contributed by atoms with Crippen molar-refractivity contribution in [3.05, 3.63) is 6.42 Å². The Hall–Kier alpha value is -0.140. The Bertz CT molecular complexity index is 70.1. The molecule has 41 valence electrons. The van der Waals surface area contributed by atoms with E-state index in [1.165, 1.54) is 0 Å². The molecule has 1 aliphatic rings. The van der Waals surface area contributed by atoms with Gasteiger partial charge in [0, 0.05) is 12.8 Å². The van der Waals surface area contributed by atoms with E-state index in [9.17, 15) is 8.78 Å². The predicted molar refractivity (Wildman–Crippen MR) is 23.0 cm³/mol. The van der Waals surface area contributed by atoms with E-state index in [4.69, 9.17) is 0 Å². The lowest BCUT2D eigenvalue weighted by molar-refractivity contribution is -0.0447. The molecule has 1 aliphatic carbocycles. The van der Waals surface area contributed by atoms with Crippen molar-refractivity contribution in [3.8, 4) is 0 Å². The van der Waals surface area contributed by atoms with Crippen LogP contribution in [-0.2, 0) is 0 Å². The van der Waals surface area contributed by atoms with Crippen LogP contribution < -0.4 is 0 Å². The number of hydrogen-bond donors (Lipinski definition) is 0. The highest BCUT2D eigenvalue weighted by Crippen LogP contribution is 2.40. The van der Waals surface area contributed by atoms with Crippen LogP contribution in [0.25, 0.3) is 0 Å². The van der Waals surface area contributed by atoms with Crippen LogP contribution in [0.5, 0.6) is 0 Å². The smallest absolute Gasteiger partial charge is 0.207 e. The summed E-state index contributed by atoms with van der Waals surface area (Å²) in [5.41, 5.74) is 0. The van der Waals surface area contributed by atoms with E-state index in [0.29, 0.717) is 0 Å². The Morgan fingerprint density at radius 1 is 1.71 bits per heavy atom. The van der Waals surface area contributed by atoms with Crippen molar-refractivity contribution < 1.29 is 8.78 Å². The Morgan fingerprint density at radius 3 is 2.14 bits per heavy atom.